The Balaban J connectivity index is 1.35. The topological polar surface area (TPSA) is 62.7 Å². The molecule has 0 aliphatic carbocycles. The summed E-state index contributed by atoms with van der Waals surface area (Å²) in [6.07, 6.45) is 6.89. The number of halogens is 1. The number of benzene rings is 2. The first-order chi connectivity index (χ1) is 17.5. The number of piperidine rings is 1. The van der Waals surface area contributed by atoms with Crippen molar-refractivity contribution in [2.75, 3.05) is 26.7 Å². The van der Waals surface area contributed by atoms with E-state index >= 15 is 0 Å². The molecule has 0 spiro atoms. The van der Waals surface area contributed by atoms with Crippen molar-refractivity contribution in [1.82, 2.24) is 9.88 Å². The molecule has 1 N–H and O–H groups in total. The fraction of sp³-hybridized carbons (Fsp3) is 0.400. The molecule has 2 unspecified atom stereocenters. The van der Waals surface area contributed by atoms with E-state index in [1.807, 2.05) is 18.3 Å². The number of nitrogens with zero attached hydrogens (tertiary/aromatic N) is 2. The number of aliphatic carboxylic acids is 1. The minimum atomic E-state index is -0.737. The van der Waals surface area contributed by atoms with Gasteiger partial charge in [0.25, 0.3) is 0 Å². The number of pyridine rings is 1. The van der Waals surface area contributed by atoms with Gasteiger partial charge in [0.05, 0.1) is 19.2 Å². The van der Waals surface area contributed by atoms with Gasteiger partial charge in [-0.3, -0.25) is 14.7 Å². The van der Waals surface area contributed by atoms with Crippen LogP contribution in [0.25, 0.3) is 10.9 Å². The lowest BCUT2D eigenvalue weighted by molar-refractivity contribution is -0.137. The zero-order chi connectivity index (χ0) is 25.3. The summed E-state index contributed by atoms with van der Waals surface area (Å²) in [6.45, 7) is 2.46. The van der Waals surface area contributed by atoms with E-state index < -0.39 is 5.97 Å². The molecule has 0 saturated carbocycles. The summed E-state index contributed by atoms with van der Waals surface area (Å²) >= 11 is 0. The van der Waals surface area contributed by atoms with Gasteiger partial charge in [-0.05, 0) is 105 Å². The van der Waals surface area contributed by atoms with Crippen LogP contribution in [0.2, 0.25) is 0 Å². The molecule has 2 heterocycles. The number of methoxy groups -OCH3 is 1. The van der Waals surface area contributed by atoms with Crippen LogP contribution in [0.5, 0.6) is 5.75 Å². The number of carboxylic acid groups (broad SMARTS) is 1. The predicted molar refractivity (Wildman–Crippen MR) is 139 cm³/mol. The van der Waals surface area contributed by atoms with E-state index in [2.05, 4.69) is 33.9 Å². The fourth-order valence-electron chi connectivity index (χ4n) is 5.18. The Morgan fingerprint density at radius 1 is 1.17 bits per heavy atom. The Bertz CT molecular complexity index is 1230. The Kier molecular flexibility index (Phi) is 8.91. The second-order valence-electron chi connectivity index (χ2n) is 9.53. The second kappa shape index (κ2) is 12.5. The third kappa shape index (κ3) is 7.05. The highest BCUT2D eigenvalue weighted by Gasteiger charge is 2.28. The summed E-state index contributed by atoms with van der Waals surface area (Å²) in [5, 5.41) is 10.4. The number of aromatic nitrogens is 1. The number of carboxylic acids is 1. The van der Waals surface area contributed by atoms with Gasteiger partial charge < -0.3 is 9.84 Å². The molecule has 2 aromatic carbocycles. The van der Waals surface area contributed by atoms with Crippen LogP contribution in [0, 0.1) is 29.5 Å². The first-order valence-corrected chi connectivity index (χ1v) is 12.6. The zero-order valence-electron chi connectivity index (χ0n) is 20.8. The van der Waals surface area contributed by atoms with Crippen LogP contribution in [-0.4, -0.2) is 47.7 Å². The van der Waals surface area contributed by atoms with E-state index in [-0.39, 0.29) is 12.2 Å². The van der Waals surface area contributed by atoms with E-state index in [0.29, 0.717) is 24.8 Å². The summed E-state index contributed by atoms with van der Waals surface area (Å²) in [4.78, 5) is 18.1. The van der Waals surface area contributed by atoms with Crippen LogP contribution in [0.4, 0.5) is 4.39 Å². The minimum Gasteiger partial charge on any atom is -0.497 e. The Labute approximate surface area is 212 Å². The fourth-order valence-corrected chi connectivity index (χ4v) is 5.18. The number of aryl methyl sites for hydroxylation is 1. The van der Waals surface area contributed by atoms with Gasteiger partial charge in [0.15, 0.2) is 0 Å². The van der Waals surface area contributed by atoms with E-state index in [1.165, 1.54) is 17.7 Å². The standard InChI is InChI=1S/C30H33FN2O3/c1-36-27-12-13-29-28(20-27)24(15-17-32-29)6-2-5-23-16-19-33(21-25(23)9-14-30(34)35)18-3-4-22-7-10-26(31)11-8-22/h7-8,10-13,15,17,20,23,25H,2,5-6,9,14,16,18-19,21H2,1H3,(H,34,35). The van der Waals surface area contributed by atoms with E-state index in [0.717, 1.165) is 61.0 Å². The van der Waals surface area contributed by atoms with Crippen molar-refractivity contribution in [2.45, 2.75) is 38.5 Å². The monoisotopic (exact) mass is 488 g/mol. The van der Waals surface area contributed by atoms with Crippen LogP contribution < -0.4 is 4.74 Å². The first kappa shape index (κ1) is 25.7. The Morgan fingerprint density at radius 3 is 2.78 bits per heavy atom. The second-order valence-corrected chi connectivity index (χ2v) is 9.53. The Morgan fingerprint density at radius 2 is 2.00 bits per heavy atom. The van der Waals surface area contributed by atoms with Crippen molar-refractivity contribution in [3.63, 3.8) is 0 Å². The summed E-state index contributed by atoms with van der Waals surface area (Å²) in [5.41, 5.74) is 3.05. The van der Waals surface area contributed by atoms with Crippen LogP contribution >= 0.6 is 0 Å². The number of fused-ring (bicyclic) bond motifs is 1. The van der Waals surface area contributed by atoms with Gasteiger partial charge in [0.1, 0.15) is 11.6 Å². The molecule has 6 heteroatoms. The summed E-state index contributed by atoms with van der Waals surface area (Å²) in [6, 6.07) is 14.3. The van der Waals surface area contributed by atoms with E-state index in [9.17, 15) is 14.3 Å². The normalized spacial score (nSPS) is 17.9. The minimum absolute atomic E-state index is 0.199. The van der Waals surface area contributed by atoms with E-state index in [1.54, 1.807) is 19.2 Å². The summed E-state index contributed by atoms with van der Waals surface area (Å²) in [5.74, 6) is 6.99. The highest BCUT2D eigenvalue weighted by molar-refractivity contribution is 5.83. The molecule has 5 nitrogen and oxygen atoms in total. The predicted octanol–water partition coefficient (Wildman–Crippen LogP) is 5.56. The smallest absolute Gasteiger partial charge is 0.303 e. The van der Waals surface area contributed by atoms with Crippen LogP contribution in [0.3, 0.4) is 0 Å². The molecule has 36 heavy (non-hydrogen) atoms. The SMILES string of the molecule is COc1ccc2nccc(CCCC3CCN(CC#Cc4ccc(F)cc4)CC3CCC(=O)O)c2c1. The number of rotatable bonds is 9. The van der Waals surface area contributed by atoms with Crippen LogP contribution in [-0.2, 0) is 11.2 Å². The van der Waals surface area contributed by atoms with Crippen molar-refractivity contribution >= 4 is 16.9 Å². The average molecular weight is 489 g/mol. The highest BCUT2D eigenvalue weighted by Crippen LogP contribution is 2.32. The van der Waals surface area contributed by atoms with Gasteiger partial charge in [-0.2, -0.15) is 0 Å². The number of hydrogen-bond donors (Lipinski definition) is 1. The molecular formula is C30H33FN2O3. The number of likely N-dealkylation sites (tertiary alicyclic amines) is 1. The molecule has 3 aromatic rings. The maximum atomic E-state index is 13.1. The third-order valence-electron chi connectivity index (χ3n) is 7.14. The lowest BCUT2D eigenvalue weighted by Crippen LogP contribution is -2.41. The van der Waals surface area contributed by atoms with Gasteiger partial charge >= 0.3 is 5.97 Å². The maximum absolute atomic E-state index is 13.1. The largest absolute Gasteiger partial charge is 0.497 e. The van der Waals surface area contributed by atoms with Crippen molar-refractivity contribution in [3.05, 3.63) is 71.7 Å². The third-order valence-corrected chi connectivity index (χ3v) is 7.14. The molecule has 0 amide bonds. The van der Waals surface area contributed by atoms with Gasteiger partial charge in [-0.15, -0.1) is 0 Å². The molecule has 0 bridgehead atoms. The van der Waals surface area contributed by atoms with Crippen LogP contribution in [0.15, 0.2) is 54.7 Å². The van der Waals surface area contributed by atoms with Crippen molar-refractivity contribution < 1.29 is 19.0 Å². The molecule has 0 radical (unpaired) electrons. The first-order valence-electron chi connectivity index (χ1n) is 12.6. The van der Waals surface area contributed by atoms with Gasteiger partial charge in [-0.25, -0.2) is 4.39 Å². The summed E-state index contributed by atoms with van der Waals surface area (Å²) < 4.78 is 18.5. The molecule has 1 aliphatic heterocycles. The molecule has 1 aromatic heterocycles. The summed E-state index contributed by atoms with van der Waals surface area (Å²) in [7, 11) is 1.68. The van der Waals surface area contributed by atoms with Crippen molar-refractivity contribution in [2.24, 2.45) is 11.8 Å². The lowest BCUT2D eigenvalue weighted by atomic mass is 9.79. The average Bonchev–Trinajstić information content (AvgIpc) is 2.89. The Hall–Kier alpha value is -3.43. The number of hydrogen-bond acceptors (Lipinski definition) is 4. The molecule has 1 saturated heterocycles. The highest BCUT2D eigenvalue weighted by atomic mass is 19.1. The molecule has 1 fully saturated rings. The van der Waals surface area contributed by atoms with Crippen molar-refractivity contribution in [1.29, 1.82) is 0 Å². The van der Waals surface area contributed by atoms with Crippen LogP contribution in [0.1, 0.15) is 43.2 Å². The lowest BCUT2D eigenvalue weighted by Gasteiger charge is -2.38. The molecule has 2 atom stereocenters. The number of carbonyl (C=O) groups is 1. The van der Waals surface area contributed by atoms with E-state index in [4.69, 9.17) is 4.74 Å². The van der Waals surface area contributed by atoms with Gasteiger partial charge in [0, 0.05) is 30.1 Å². The van der Waals surface area contributed by atoms with Gasteiger partial charge in [-0.1, -0.05) is 11.8 Å². The molecular weight excluding hydrogens is 455 g/mol. The zero-order valence-corrected chi connectivity index (χ0v) is 20.8. The maximum Gasteiger partial charge on any atom is 0.303 e. The molecule has 4 rings (SSSR count). The molecule has 188 valence electrons. The quantitative estimate of drug-likeness (QED) is 0.400. The van der Waals surface area contributed by atoms with Crippen molar-refractivity contribution in [3.8, 4) is 17.6 Å². The van der Waals surface area contributed by atoms with Gasteiger partial charge in [0.2, 0.25) is 0 Å². The number of ether oxygens (including phenoxy) is 1. The molecule has 1 aliphatic rings.